The van der Waals surface area contributed by atoms with Gasteiger partial charge in [0.2, 0.25) is 0 Å². The lowest BCUT2D eigenvalue weighted by Crippen LogP contribution is -2.50. The number of aliphatic hydroxyl groups excluding tert-OH is 2. The summed E-state index contributed by atoms with van der Waals surface area (Å²) in [5, 5.41) is 29.9. The van der Waals surface area contributed by atoms with Gasteiger partial charge in [-0.15, -0.1) is 0 Å². The predicted octanol–water partition coefficient (Wildman–Crippen LogP) is 0.660. The third kappa shape index (κ3) is 2.95. The molecule has 19 heavy (non-hydrogen) atoms. The normalized spacial score (nSPS) is 44.2. The summed E-state index contributed by atoms with van der Waals surface area (Å²) in [6.07, 6.45) is 4.64. The van der Waals surface area contributed by atoms with Gasteiger partial charge in [-0.1, -0.05) is 25.7 Å². The molecule has 2 fully saturated rings. The molecular weight excluding hydrogens is 248 g/mol. The fraction of sp³-hybridized carbons (Fsp3) is 1.00. The lowest BCUT2D eigenvalue weighted by atomic mass is 9.77. The molecule has 0 aromatic heterocycles. The van der Waals surface area contributed by atoms with Crippen molar-refractivity contribution in [3.05, 3.63) is 0 Å². The molecule has 0 radical (unpaired) electrons. The summed E-state index contributed by atoms with van der Waals surface area (Å²) in [6.45, 7) is -0.380. The summed E-state index contributed by atoms with van der Waals surface area (Å²) < 4.78 is 11.2. The molecule has 112 valence electrons. The zero-order chi connectivity index (χ0) is 13.9. The summed E-state index contributed by atoms with van der Waals surface area (Å²) >= 11 is 0. The average molecular weight is 274 g/mol. The van der Waals surface area contributed by atoms with Crippen LogP contribution < -0.4 is 0 Å². The molecule has 1 heterocycles. The summed E-state index contributed by atoms with van der Waals surface area (Å²) in [6, 6.07) is 0. The van der Waals surface area contributed by atoms with E-state index in [9.17, 15) is 15.3 Å². The number of ether oxygens (including phenoxy) is 2. The Bertz CT molecular complexity index is 285. The molecule has 1 saturated carbocycles. The third-order valence-corrected chi connectivity index (χ3v) is 4.71. The Balaban J connectivity index is 2.25. The van der Waals surface area contributed by atoms with Crippen molar-refractivity contribution in [2.75, 3.05) is 20.3 Å². The van der Waals surface area contributed by atoms with Crippen molar-refractivity contribution in [1.29, 1.82) is 0 Å². The van der Waals surface area contributed by atoms with Crippen LogP contribution in [-0.4, -0.2) is 53.6 Å². The first-order valence-corrected chi connectivity index (χ1v) is 7.28. The van der Waals surface area contributed by atoms with Crippen LogP contribution in [0.25, 0.3) is 0 Å². The van der Waals surface area contributed by atoms with Crippen molar-refractivity contribution in [3.8, 4) is 0 Å². The molecule has 1 aliphatic heterocycles. The first-order chi connectivity index (χ1) is 9.16. The van der Waals surface area contributed by atoms with Gasteiger partial charge in [0.1, 0.15) is 5.60 Å². The van der Waals surface area contributed by atoms with Crippen LogP contribution in [0.4, 0.5) is 0 Å². The quantitative estimate of drug-likeness (QED) is 0.704. The Morgan fingerprint density at radius 2 is 1.95 bits per heavy atom. The van der Waals surface area contributed by atoms with Gasteiger partial charge in [0.15, 0.2) is 6.29 Å². The van der Waals surface area contributed by atoms with Crippen molar-refractivity contribution in [1.82, 2.24) is 0 Å². The summed E-state index contributed by atoms with van der Waals surface area (Å²) in [7, 11) is 1.59. The molecule has 1 saturated heterocycles. The molecule has 5 atom stereocenters. The minimum Gasteiger partial charge on any atom is -0.396 e. The number of aliphatic hydroxyl groups is 3. The Morgan fingerprint density at radius 3 is 2.58 bits per heavy atom. The van der Waals surface area contributed by atoms with E-state index in [2.05, 4.69) is 0 Å². The maximum atomic E-state index is 10.7. The Kier molecular flexibility index (Phi) is 5.20. The first kappa shape index (κ1) is 15.2. The molecule has 2 rings (SSSR count). The molecule has 3 N–H and O–H groups in total. The van der Waals surface area contributed by atoms with Crippen molar-refractivity contribution < 1.29 is 24.8 Å². The van der Waals surface area contributed by atoms with E-state index in [1.165, 1.54) is 0 Å². The van der Waals surface area contributed by atoms with Gasteiger partial charge in [0.25, 0.3) is 0 Å². The molecule has 0 aromatic rings. The number of fused-ring (bicyclic) bond motifs is 2. The highest BCUT2D eigenvalue weighted by molar-refractivity contribution is 4.99. The summed E-state index contributed by atoms with van der Waals surface area (Å²) in [5.41, 5.74) is -1.27. The zero-order valence-electron chi connectivity index (χ0n) is 11.6. The van der Waals surface area contributed by atoms with Crippen LogP contribution in [0.3, 0.4) is 0 Å². The second kappa shape index (κ2) is 6.50. The number of hydrogen-bond acceptors (Lipinski definition) is 5. The van der Waals surface area contributed by atoms with E-state index >= 15 is 0 Å². The van der Waals surface area contributed by atoms with Gasteiger partial charge in [-0.2, -0.15) is 0 Å². The smallest absolute Gasteiger partial charge is 0.160 e. The maximum absolute atomic E-state index is 10.7. The minimum absolute atomic E-state index is 0.0441. The average Bonchev–Trinajstić information content (AvgIpc) is 2.79. The van der Waals surface area contributed by atoms with E-state index in [0.29, 0.717) is 6.42 Å². The first-order valence-electron chi connectivity index (χ1n) is 7.28. The largest absolute Gasteiger partial charge is 0.396 e. The fourth-order valence-electron chi connectivity index (χ4n) is 3.59. The van der Waals surface area contributed by atoms with Gasteiger partial charge in [-0.05, 0) is 12.8 Å². The molecule has 0 spiro atoms. The molecule has 0 amide bonds. The van der Waals surface area contributed by atoms with Crippen LogP contribution in [0.5, 0.6) is 0 Å². The molecule has 5 nitrogen and oxygen atoms in total. The molecule has 2 bridgehead atoms. The van der Waals surface area contributed by atoms with Gasteiger partial charge >= 0.3 is 0 Å². The maximum Gasteiger partial charge on any atom is 0.160 e. The van der Waals surface area contributed by atoms with Gasteiger partial charge in [-0.3, -0.25) is 0 Å². The number of rotatable bonds is 3. The topological polar surface area (TPSA) is 79.2 Å². The molecule has 0 unspecified atom stereocenters. The summed E-state index contributed by atoms with van der Waals surface area (Å²) in [4.78, 5) is 0. The lowest BCUT2D eigenvalue weighted by Gasteiger charge is -2.35. The highest BCUT2D eigenvalue weighted by Gasteiger charge is 2.52. The van der Waals surface area contributed by atoms with Crippen LogP contribution in [0.15, 0.2) is 0 Å². The lowest BCUT2D eigenvalue weighted by molar-refractivity contribution is -0.191. The van der Waals surface area contributed by atoms with E-state index in [1.807, 2.05) is 0 Å². The van der Waals surface area contributed by atoms with E-state index in [1.54, 1.807) is 7.11 Å². The summed E-state index contributed by atoms with van der Waals surface area (Å²) in [5.74, 6) is -0.0728. The molecular formula is C14H26O5. The van der Waals surface area contributed by atoms with Crippen LogP contribution >= 0.6 is 0 Å². The third-order valence-electron chi connectivity index (χ3n) is 4.71. The van der Waals surface area contributed by atoms with Crippen LogP contribution in [0.2, 0.25) is 0 Å². The van der Waals surface area contributed by atoms with Crippen molar-refractivity contribution in [2.24, 2.45) is 11.8 Å². The molecule has 5 heteroatoms. The van der Waals surface area contributed by atoms with Gasteiger partial charge in [0, 0.05) is 25.6 Å². The SMILES string of the molecule is CO[C@H]1O[C@H]2[C@@H](CO)[C@@H]1CCCCCC[C@@]2(O)CO. The second-order valence-electron chi connectivity index (χ2n) is 5.89. The second-order valence-corrected chi connectivity index (χ2v) is 5.89. The molecule has 2 aliphatic rings. The highest BCUT2D eigenvalue weighted by atomic mass is 16.7. The van der Waals surface area contributed by atoms with E-state index < -0.39 is 18.0 Å². The van der Waals surface area contributed by atoms with Crippen molar-refractivity contribution >= 4 is 0 Å². The molecule has 1 aliphatic carbocycles. The minimum atomic E-state index is -1.27. The zero-order valence-corrected chi connectivity index (χ0v) is 11.6. The van der Waals surface area contributed by atoms with Crippen LogP contribution in [0.1, 0.15) is 38.5 Å². The van der Waals surface area contributed by atoms with Crippen molar-refractivity contribution in [2.45, 2.75) is 56.5 Å². The highest BCUT2D eigenvalue weighted by Crippen LogP contribution is 2.43. The fourth-order valence-corrected chi connectivity index (χ4v) is 3.59. The van der Waals surface area contributed by atoms with E-state index in [4.69, 9.17) is 9.47 Å². The van der Waals surface area contributed by atoms with Crippen LogP contribution in [-0.2, 0) is 9.47 Å². The van der Waals surface area contributed by atoms with E-state index in [-0.39, 0.29) is 25.0 Å². The van der Waals surface area contributed by atoms with Crippen molar-refractivity contribution in [3.63, 3.8) is 0 Å². The standard InChI is InChI=1S/C14H26O5/c1-18-13-10-6-4-2-3-5-7-14(17,9-16)12(19-13)11(10)8-15/h10-13,15-17H,2-9H2,1H3/t10-,11-,12-,13-,14+/m0/s1. The van der Waals surface area contributed by atoms with Gasteiger partial charge in [0.05, 0.1) is 12.7 Å². The Labute approximate surface area is 114 Å². The number of methoxy groups -OCH3 is 1. The predicted molar refractivity (Wildman–Crippen MR) is 69.5 cm³/mol. The van der Waals surface area contributed by atoms with Gasteiger partial charge < -0.3 is 24.8 Å². The number of hydrogen-bond donors (Lipinski definition) is 3. The Morgan fingerprint density at radius 1 is 1.21 bits per heavy atom. The monoisotopic (exact) mass is 274 g/mol. The van der Waals surface area contributed by atoms with E-state index in [0.717, 1.165) is 32.1 Å². The van der Waals surface area contributed by atoms with Crippen LogP contribution in [0, 0.1) is 11.8 Å². The van der Waals surface area contributed by atoms with Gasteiger partial charge in [-0.25, -0.2) is 0 Å². The Hall–Kier alpha value is -0.200. The molecule has 0 aromatic carbocycles.